The first kappa shape index (κ1) is 17.9. The average molecular weight is 341 g/mol. The van der Waals surface area contributed by atoms with E-state index in [1.54, 1.807) is 32.4 Å². The van der Waals surface area contributed by atoms with Gasteiger partial charge in [-0.2, -0.15) is 0 Å². The Bertz CT molecular complexity index is 674. The van der Waals surface area contributed by atoms with Crippen molar-refractivity contribution in [1.29, 1.82) is 0 Å². The van der Waals surface area contributed by atoms with Crippen molar-refractivity contribution >= 4 is 0 Å². The minimum atomic E-state index is -4.71. The zero-order valence-corrected chi connectivity index (χ0v) is 13.3. The van der Waals surface area contributed by atoms with Crippen LogP contribution in [-0.2, 0) is 13.1 Å². The van der Waals surface area contributed by atoms with Gasteiger partial charge in [0.2, 0.25) is 0 Å². The molecule has 0 unspecified atom stereocenters. The van der Waals surface area contributed by atoms with Gasteiger partial charge in [0, 0.05) is 18.7 Å². The predicted octanol–water partition coefficient (Wildman–Crippen LogP) is 3.89. The minimum absolute atomic E-state index is 0.204. The fraction of sp³-hybridized carbons (Fsp3) is 0.294. The number of para-hydroxylation sites is 1. The lowest BCUT2D eigenvalue weighted by Gasteiger charge is -2.14. The molecule has 0 aliphatic heterocycles. The fourth-order valence-corrected chi connectivity index (χ4v) is 2.21. The standard InChI is InChI=1S/C17H18F3NO3/c1-22-15-8-7-12(9-16(15)23-2)10-21-11-13-5-3-4-6-14(13)24-17(18,19)20/h3-9,21H,10-11H2,1-2H3. The van der Waals surface area contributed by atoms with Crippen LogP contribution in [0.4, 0.5) is 13.2 Å². The topological polar surface area (TPSA) is 39.7 Å². The number of alkyl halides is 3. The Balaban J connectivity index is 2.00. The number of hydrogen-bond acceptors (Lipinski definition) is 4. The molecule has 0 amide bonds. The molecule has 0 saturated heterocycles. The van der Waals surface area contributed by atoms with Gasteiger partial charge in [0.15, 0.2) is 11.5 Å². The summed E-state index contributed by atoms with van der Waals surface area (Å²) in [6.07, 6.45) is -4.71. The molecule has 2 rings (SSSR count). The zero-order valence-electron chi connectivity index (χ0n) is 13.3. The summed E-state index contributed by atoms with van der Waals surface area (Å²) < 4.78 is 51.6. The third kappa shape index (κ3) is 5.06. The van der Waals surface area contributed by atoms with Gasteiger partial charge in [-0.3, -0.25) is 0 Å². The molecule has 2 aromatic rings. The van der Waals surface area contributed by atoms with E-state index in [1.165, 1.54) is 12.1 Å². The summed E-state index contributed by atoms with van der Waals surface area (Å²) in [4.78, 5) is 0. The summed E-state index contributed by atoms with van der Waals surface area (Å²) >= 11 is 0. The highest BCUT2D eigenvalue weighted by Crippen LogP contribution is 2.28. The van der Waals surface area contributed by atoms with Crippen molar-refractivity contribution < 1.29 is 27.4 Å². The van der Waals surface area contributed by atoms with E-state index in [-0.39, 0.29) is 12.3 Å². The average Bonchev–Trinajstić information content (AvgIpc) is 2.55. The molecule has 0 spiro atoms. The maximum atomic E-state index is 12.4. The predicted molar refractivity (Wildman–Crippen MR) is 83.2 cm³/mol. The lowest BCUT2D eigenvalue weighted by molar-refractivity contribution is -0.274. The van der Waals surface area contributed by atoms with Crippen LogP contribution in [0.15, 0.2) is 42.5 Å². The molecule has 7 heteroatoms. The Labute approximate surface area is 138 Å². The van der Waals surface area contributed by atoms with Gasteiger partial charge in [-0.05, 0) is 23.8 Å². The molecule has 0 bridgehead atoms. The number of ether oxygens (including phenoxy) is 3. The fourth-order valence-electron chi connectivity index (χ4n) is 2.21. The van der Waals surface area contributed by atoms with Crippen LogP contribution in [0.3, 0.4) is 0 Å². The van der Waals surface area contributed by atoms with Gasteiger partial charge in [-0.15, -0.1) is 13.2 Å². The summed E-state index contributed by atoms with van der Waals surface area (Å²) in [5, 5.41) is 3.09. The Morgan fingerprint density at radius 3 is 2.25 bits per heavy atom. The second kappa shape index (κ2) is 7.92. The lowest BCUT2D eigenvalue weighted by Crippen LogP contribution is -2.20. The molecule has 0 heterocycles. The number of hydrogen-bond donors (Lipinski definition) is 1. The molecule has 0 saturated carbocycles. The summed E-state index contributed by atoms with van der Waals surface area (Å²) in [5.74, 6) is 1.01. The number of rotatable bonds is 7. The van der Waals surface area contributed by atoms with Crippen LogP contribution in [0.1, 0.15) is 11.1 Å². The Morgan fingerprint density at radius 2 is 1.58 bits per heavy atom. The summed E-state index contributed by atoms with van der Waals surface area (Å²) in [6.45, 7) is 0.696. The van der Waals surface area contributed by atoms with Crippen molar-refractivity contribution in [1.82, 2.24) is 5.32 Å². The minimum Gasteiger partial charge on any atom is -0.493 e. The number of methoxy groups -OCH3 is 2. The molecular formula is C17H18F3NO3. The third-order valence-corrected chi connectivity index (χ3v) is 3.29. The van der Waals surface area contributed by atoms with Gasteiger partial charge in [-0.1, -0.05) is 24.3 Å². The van der Waals surface area contributed by atoms with E-state index in [0.29, 0.717) is 23.6 Å². The van der Waals surface area contributed by atoms with Crippen LogP contribution in [0, 0.1) is 0 Å². The van der Waals surface area contributed by atoms with Gasteiger partial charge < -0.3 is 19.5 Å². The van der Waals surface area contributed by atoms with E-state index < -0.39 is 6.36 Å². The molecule has 1 N–H and O–H groups in total. The highest BCUT2D eigenvalue weighted by molar-refractivity contribution is 5.43. The molecule has 24 heavy (non-hydrogen) atoms. The molecule has 4 nitrogen and oxygen atoms in total. The first-order valence-corrected chi connectivity index (χ1v) is 7.18. The molecule has 0 atom stereocenters. The molecule has 0 aliphatic carbocycles. The maximum absolute atomic E-state index is 12.4. The van der Waals surface area contributed by atoms with E-state index in [4.69, 9.17) is 9.47 Å². The van der Waals surface area contributed by atoms with E-state index in [9.17, 15) is 13.2 Å². The summed E-state index contributed by atoms with van der Waals surface area (Å²) in [6, 6.07) is 11.5. The Morgan fingerprint density at radius 1 is 0.875 bits per heavy atom. The smallest absolute Gasteiger partial charge is 0.493 e. The van der Waals surface area contributed by atoms with E-state index in [2.05, 4.69) is 10.1 Å². The van der Waals surface area contributed by atoms with Crippen molar-refractivity contribution in [2.24, 2.45) is 0 Å². The van der Waals surface area contributed by atoms with Gasteiger partial charge in [0.1, 0.15) is 5.75 Å². The first-order chi connectivity index (χ1) is 11.4. The monoisotopic (exact) mass is 341 g/mol. The van der Waals surface area contributed by atoms with Gasteiger partial charge >= 0.3 is 6.36 Å². The Hall–Kier alpha value is -2.41. The van der Waals surface area contributed by atoms with Crippen LogP contribution in [0.2, 0.25) is 0 Å². The molecule has 2 aromatic carbocycles. The molecule has 0 aliphatic rings. The second-order valence-corrected chi connectivity index (χ2v) is 4.95. The normalized spacial score (nSPS) is 11.2. The van der Waals surface area contributed by atoms with Crippen LogP contribution < -0.4 is 19.5 Å². The van der Waals surface area contributed by atoms with Crippen LogP contribution in [-0.4, -0.2) is 20.6 Å². The molecular weight excluding hydrogens is 323 g/mol. The van der Waals surface area contributed by atoms with Crippen molar-refractivity contribution in [3.63, 3.8) is 0 Å². The van der Waals surface area contributed by atoms with E-state index in [0.717, 1.165) is 5.56 Å². The number of benzene rings is 2. The number of nitrogens with one attached hydrogen (secondary N) is 1. The molecule has 130 valence electrons. The highest BCUT2D eigenvalue weighted by atomic mass is 19.4. The molecule has 0 radical (unpaired) electrons. The van der Waals surface area contributed by atoms with Crippen molar-refractivity contribution in [3.8, 4) is 17.2 Å². The van der Waals surface area contributed by atoms with Crippen LogP contribution in [0.5, 0.6) is 17.2 Å². The lowest BCUT2D eigenvalue weighted by atomic mass is 10.1. The van der Waals surface area contributed by atoms with Gasteiger partial charge in [0.25, 0.3) is 0 Å². The van der Waals surface area contributed by atoms with Gasteiger partial charge in [-0.25, -0.2) is 0 Å². The highest BCUT2D eigenvalue weighted by Gasteiger charge is 2.31. The summed E-state index contributed by atoms with van der Waals surface area (Å²) in [5.41, 5.74) is 1.34. The van der Waals surface area contributed by atoms with Crippen molar-refractivity contribution in [3.05, 3.63) is 53.6 Å². The second-order valence-electron chi connectivity index (χ2n) is 4.95. The first-order valence-electron chi connectivity index (χ1n) is 7.18. The summed E-state index contributed by atoms with van der Waals surface area (Å²) in [7, 11) is 3.09. The number of halogens is 3. The van der Waals surface area contributed by atoms with Crippen LogP contribution in [0.25, 0.3) is 0 Å². The molecule has 0 fully saturated rings. The Kier molecular flexibility index (Phi) is 5.92. The van der Waals surface area contributed by atoms with Crippen molar-refractivity contribution in [2.45, 2.75) is 19.5 Å². The quantitative estimate of drug-likeness (QED) is 0.829. The van der Waals surface area contributed by atoms with Gasteiger partial charge in [0.05, 0.1) is 14.2 Å². The van der Waals surface area contributed by atoms with E-state index >= 15 is 0 Å². The molecule has 0 aromatic heterocycles. The SMILES string of the molecule is COc1ccc(CNCc2ccccc2OC(F)(F)F)cc1OC. The largest absolute Gasteiger partial charge is 0.573 e. The van der Waals surface area contributed by atoms with E-state index in [1.807, 2.05) is 12.1 Å². The zero-order chi connectivity index (χ0) is 17.6. The van der Waals surface area contributed by atoms with Crippen molar-refractivity contribution in [2.75, 3.05) is 14.2 Å². The van der Waals surface area contributed by atoms with Crippen LogP contribution >= 0.6 is 0 Å². The maximum Gasteiger partial charge on any atom is 0.573 e. The third-order valence-electron chi connectivity index (χ3n) is 3.29.